The van der Waals surface area contributed by atoms with Crippen molar-refractivity contribution >= 4 is 18.4 Å². The van der Waals surface area contributed by atoms with E-state index in [1.165, 1.54) is 21.0 Å². The third kappa shape index (κ3) is 3.39. The molecule has 0 heterocycles. The summed E-state index contributed by atoms with van der Waals surface area (Å²) in [6.07, 6.45) is 0. The first-order valence-corrected chi connectivity index (χ1v) is 5.20. The second-order valence-corrected chi connectivity index (χ2v) is 4.48. The lowest BCUT2D eigenvalue weighted by Gasteiger charge is -2.29. The van der Waals surface area contributed by atoms with Gasteiger partial charge in [-0.25, -0.2) is 13.2 Å². The summed E-state index contributed by atoms with van der Waals surface area (Å²) in [4.78, 5) is 11.5. The van der Waals surface area contributed by atoms with Crippen LogP contribution in [0.25, 0.3) is 0 Å². The Hall–Kier alpha value is -1.27. The van der Waals surface area contributed by atoms with Gasteiger partial charge < -0.3 is 10.5 Å². The number of esters is 1. The average molecular weight is 298 g/mol. The van der Waals surface area contributed by atoms with Crippen molar-refractivity contribution in [1.82, 2.24) is 0 Å². The van der Waals surface area contributed by atoms with E-state index in [0.717, 1.165) is 0 Å². The average Bonchev–Trinajstić information content (AvgIpc) is 2.31. The smallest absolute Gasteiger partial charge is 0.313 e. The summed E-state index contributed by atoms with van der Waals surface area (Å²) >= 11 is 0. The second kappa shape index (κ2) is 6.25. The third-order valence-corrected chi connectivity index (χ3v) is 2.86. The predicted molar refractivity (Wildman–Crippen MR) is 66.3 cm³/mol. The van der Waals surface area contributed by atoms with E-state index in [1.807, 2.05) is 0 Å². The summed E-state index contributed by atoms with van der Waals surface area (Å²) in [6.45, 7) is 2.87. The van der Waals surface area contributed by atoms with Gasteiger partial charge in [0.1, 0.15) is 5.82 Å². The minimum absolute atomic E-state index is 0. The number of benzene rings is 1. The fourth-order valence-electron chi connectivity index (χ4n) is 1.56. The van der Waals surface area contributed by atoms with E-state index in [4.69, 9.17) is 5.73 Å². The van der Waals surface area contributed by atoms with Crippen molar-refractivity contribution in [3.63, 3.8) is 0 Å². The molecule has 19 heavy (non-hydrogen) atoms. The van der Waals surface area contributed by atoms with Gasteiger partial charge in [0.25, 0.3) is 0 Å². The Bertz CT molecular complexity index is 480. The number of nitrogens with two attached hydrogens (primary N) is 1. The maximum absolute atomic E-state index is 13.5. The second-order valence-electron chi connectivity index (χ2n) is 4.48. The molecule has 0 saturated heterocycles. The van der Waals surface area contributed by atoms with Crippen molar-refractivity contribution in [2.75, 3.05) is 7.11 Å². The Labute approximate surface area is 115 Å². The lowest BCUT2D eigenvalue weighted by Crippen LogP contribution is -2.38. The first-order valence-electron chi connectivity index (χ1n) is 5.20. The summed E-state index contributed by atoms with van der Waals surface area (Å²) in [5.41, 5.74) is 4.20. The molecule has 0 saturated carbocycles. The number of hydrogen-bond donors (Lipinski definition) is 1. The molecule has 7 heteroatoms. The molecule has 0 aliphatic rings. The maximum atomic E-state index is 13.5. The summed E-state index contributed by atoms with van der Waals surface area (Å²) in [6, 6.07) is -0.0993. The number of hydrogen-bond acceptors (Lipinski definition) is 3. The zero-order chi connectivity index (χ0) is 14.1. The Kier molecular flexibility index (Phi) is 5.83. The molecule has 1 rings (SSSR count). The zero-order valence-corrected chi connectivity index (χ0v) is 11.5. The molecule has 0 aromatic heterocycles. The zero-order valence-electron chi connectivity index (χ0n) is 10.7. The van der Waals surface area contributed by atoms with Crippen molar-refractivity contribution in [3.8, 4) is 0 Å². The molecule has 0 aliphatic heterocycles. The molecule has 0 aliphatic carbocycles. The Morgan fingerprint density at radius 1 is 1.21 bits per heavy atom. The van der Waals surface area contributed by atoms with Gasteiger partial charge in [0.05, 0.1) is 12.5 Å². The summed E-state index contributed by atoms with van der Waals surface area (Å²) < 4.78 is 44.0. The highest BCUT2D eigenvalue weighted by molar-refractivity contribution is 5.85. The van der Waals surface area contributed by atoms with E-state index in [2.05, 4.69) is 4.74 Å². The number of methoxy groups -OCH3 is 1. The van der Waals surface area contributed by atoms with Crippen LogP contribution in [0.15, 0.2) is 12.1 Å². The quantitative estimate of drug-likeness (QED) is 0.689. The topological polar surface area (TPSA) is 52.3 Å². The molecule has 1 aromatic carbocycles. The molecule has 108 valence electrons. The van der Waals surface area contributed by atoms with E-state index < -0.39 is 34.9 Å². The standard InChI is InChI=1S/C12H14F3NO2.ClH/c1-12(2,11(17)18-3)10(16)6-4-8(14)9(15)5-7(6)13;/h4-5,10H,16H2,1-3H3;1H/t10-;/m0./s1. The largest absolute Gasteiger partial charge is 0.469 e. The van der Waals surface area contributed by atoms with Gasteiger partial charge in [-0.1, -0.05) is 0 Å². The van der Waals surface area contributed by atoms with Gasteiger partial charge >= 0.3 is 5.97 Å². The summed E-state index contributed by atoms with van der Waals surface area (Å²) in [7, 11) is 1.17. The molecule has 0 spiro atoms. The van der Waals surface area contributed by atoms with Crippen LogP contribution in [0.3, 0.4) is 0 Å². The van der Waals surface area contributed by atoms with E-state index in [9.17, 15) is 18.0 Å². The van der Waals surface area contributed by atoms with E-state index >= 15 is 0 Å². The molecule has 1 atom stereocenters. The molecule has 0 radical (unpaired) electrons. The van der Waals surface area contributed by atoms with Crippen LogP contribution in [0.5, 0.6) is 0 Å². The molecule has 1 aromatic rings. The Morgan fingerprint density at radius 2 is 1.68 bits per heavy atom. The van der Waals surface area contributed by atoms with Gasteiger partial charge in [0.15, 0.2) is 11.6 Å². The van der Waals surface area contributed by atoms with E-state index in [0.29, 0.717) is 12.1 Å². The molecule has 0 fully saturated rings. The number of ether oxygens (including phenoxy) is 1. The van der Waals surface area contributed by atoms with Crippen LogP contribution in [0.2, 0.25) is 0 Å². The van der Waals surface area contributed by atoms with Crippen LogP contribution in [0.4, 0.5) is 13.2 Å². The van der Waals surface area contributed by atoms with Crippen LogP contribution in [-0.2, 0) is 9.53 Å². The van der Waals surface area contributed by atoms with Crippen molar-refractivity contribution in [1.29, 1.82) is 0 Å². The Morgan fingerprint density at radius 3 is 2.16 bits per heavy atom. The fourth-order valence-corrected chi connectivity index (χ4v) is 1.56. The predicted octanol–water partition coefficient (Wildman–Crippen LogP) is 2.72. The van der Waals surface area contributed by atoms with E-state index in [1.54, 1.807) is 0 Å². The van der Waals surface area contributed by atoms with Crippen LogP contribution < -0.4 is 5.73 Å². The number of carbonyl (C=O) groups is 1. The first kappa shape index (κ1) is 17.7. The normalized spacial score (nSPS) is 12.6. The van der Waals surface area contributed by atoms with Gasteiger partial charge in [-0.3, -0.25) is 4.79 Å². The molecular formula is C12H15ClF3NO2. The highest BCUT2D eigenvalue weighted by atomic mass is 35.5. The van der Waals surface area contributed by atoms with Crippen molar-refractivity contribution < 1.29 is 22.7 Å². The summed E-state index contributed by atoms with van der Waals surface area (Å²) in [5, 5.41) is 0. The van der Waals surface area contributed by atoms with Crippen LogP contribution >= 0.6 is 12.4 Å². The number of carbonyl (C=O) groups excluding carboxylic acids is 1. The Balaban J connectivity index is 0.00000324. The third-order valence-electron chi connectivity index (χ3n) is 2.86. The number of rotatable bonds is 3. The van der Waals surface area contributed by atoms with Gasteiger partial charge in [-0.05, 0) is 19.9 Å². The maximum Gasteiger partial charge on any atom is 0.313 e. The summed E-state index contributed by atoms with van der Waals surface area (Å²) in [5.74, 6) is -4.20. The molecule has 3 nitrogen and oxygen atoms in total. The van der Waals surface area contributed by atoms with Crippen LogP contribution in [0.1, 0.15) is 25.5 Å². The van der Waals surface area contributed by atoms with Gasteiger partial charge in [0.2, 0.25) is 0 Å². The molecule has 0 bridgehead atoms. The lowest BCUT2D eigenvalue weighted by atomic mass is 9.81. The minimum atomic E-state index is -1.31. The monoisotopic (exact) mass is 297 g/mol. The highest BCUT2D eigenvalue weighted by Gasteiger charge is 2.38. The number of halogens is 4. The molecular weight excluding hydrogens is 283 g/mol. The van der Waals surface area contributed by atoms with Crippen LogP contribution in [0, 0.1) is 22.9 Å². The van der Waals surface area contributed by atoms with E-state index in [-0.39, 0.29) is 18.0 Å². The van der Waals surface area contributed by atoms with Crippen molar-refractivity contribution in [2.24, 2.45) is 11.1 Å². The highest BCUT2D eigenvalue weighted by Crippen LogP contribution is 2.34. The molecule has 0 amide bonds. The fraction of sp³-hybridized carbons (Fsp3) is 0.417. The van der Waals surface area contributed by atoms with Gasteiger partial charge in [-0.2, -0.15) is 0 Å². The van der Waals surface area contributed by atoms with Crippen molar-refractivity contribution in [3.05, 3.63) is 35.1 Å². The van der Waals surface area contributed by atoms with Gasteiger partial charge in [0, 0.05) is 17.7 Å². The van der Waals surface area contributed by atoms with Crippen molar-refractivity contribution in [2.45, 2.75) is 19.9 Å². The molecule has 2 N–H and O–H groups in total. The first-order chi connectivity index (χ1) is 8.21. The molecule has 0 unspecified atom stereocenters. The lowest BCUT2D eigenvalue weighted by molar-refractivity contribution is -0.152. The minimum Gasteiger partial charge on any atom is -0.469 e. The SMILES string of the molecule is COC(=O)C(C)(C)[C@@H](N)c1cc(F)c(F)cc1F.Cl. The van der Waals surface area contributed by atoms with Crippen LogP contribution in [-0.4, -0.2) is 13.1 Å². The van der Waals surface area contributed by atoms with Gasteiger partial charge in [-0.15, -0.1) is 12.4 Å².